The summed E-state index contributed by atoms with van der Waals surface area (Å²) in [6.07, 6.45) is 6.91. The van der Waals surface area contributed by atoms with Gasteiger partial charge in [0.1, 0.15) is 11.8 Å². The number of amides is 1. The maximum atomic E-state index is 12.3. The number of carbonyl (C=O) groups is 1. The molecule has 1 atom stereocenters. The minimum atomic E-state index is -0.404. The molecule has 0 aliphatic heterocycles. The first kappa shape index (κ1) is 17.7. The Morgan fingerprint density at radius 2 is 1.96 bits per heavy atom. The molecule has 0 radical (unpaired) electrons. The molecule has 0 saturated carbocycles. The summed E-state index contributed by atoms with van der Waals surface area (Å²) in [5, 5.41) is 11.2. The second-order valence-electron chi connectivity index (χ2n) is 6.47. The molecule has 0 saturated heterocycles. The van der Waals surface area contributed by atoms with Crippen molar-refractivity contribution in [2.45, 2.75) is 40.5 Å². The highest BCUT2D eigenvalue weighted by Crippen LogP contribution is 2.19. The second-order valence-corrected chi connectivity index (χ2v) is 6.47. The van der Waals surface area contributed by atoms with Crippen LogP contribution in [0.5, 0.6) is 5.75 Å². The monoisotopic (exact) mass is 353 g/mol. The van der Waals surface area contributed by atoms with Crippen molar-refractivity contribution in [3.63, 3.8) is 0 Å². The Morgan fingerprint density at radius 3 is 2.65 bits per heavy atom. The number of anilines is 1. The van der Waals surface area contributed by atoms with E-state index in [1.54, 1.807) is 34.9 Å². The summed E-state index contributed by atoms with van der Waals surface area (Å²) < 4.78 is 9.06. The molecule has 0 fully saturated rings. The van der Waals surface area contributed by atoms with E-state index >= 15 is 0 Å². The zero-order chi connectivity index (χ0) is 18.7. The number of ether oxygens (including phenoxy) is 1. The number of nitrogens with one attached hydrogen (secondary N) is 1. The lowest BCUT2D eigenvalue weighted by molar-refractivity contribution is -0.119. The van der Waals surface area contributed by atoms with Gasteiger partial charge in [-0.1, -0.05) is 17.7 Å². The van der Waals surface area contributed by atoms with Crippen LogP contribution in [0.2, 0.25) is 0 Å². The highest BCUT2D eigenvalue weighted by Gasteiger charge is 2.16. The Bertz CT molecular complexity index is 912. The summed E-state index contributed by atoms with van der Waals surface area (Å²) in [6.45, 7) is 8.07. The van der Waals surface area contributed by atoms with Gasteiger partial charge in [-0.3, -0.25) is 9.48 Å². The van der Waals surface area contributed by atoms with Crippen LogP contribution in [0, 0.1) is 20.8 Å². The standard InChI is InChI=1S/C19H23N5O2/c1-13-5-6-18(15(3)7-13)26-12-23-11-17(9-20-23)22-19(25)16(4)24-10-14(2)8-21-24/h5-11,16H,12H2,1-4H3,(H,22,25). The van der Waals surface area contributed by atoms with Crippen LogP contribution in [-0.2, 0) is 11.5 Å². The van der Waals surface area contributed by atoms with Crippen molar-refractivity contribution < 1.29 is 9.53 Å². The Hall–Kier alpha value is -3.09. The maximum absolute atomic E-state index is 12.3. The molecule has 1 amide bonds. The molecule has 0 spiro atoms. The molecule has 7 heteroatoms. The van der Waals surface area contributed by atoms with E-state index in [-0.39, 0.29) is 12.6 Å². The zero-order valence-corrected chi connectivity index (χ0v) is 15.4. The number of hydrogen-bond acceptors (Lipinski definition) is 4. The van der Waals surface area contributed by atoms with Gasteiger partial charge in [-0.25, -0.2) is 4.68 Å². The summed E-state index contributed by atoms with van der Waals surface area (Å²) in [4.78, 5) is 12.3. The summed E-state index contributed by atoms with van der Waals surface area (Å²) in [5.74, 6) is 0.669. The van der Waals surface area contributed by atoms with Crippen molar-refractivity contribution in [2.75, 3.05) is 5.32 Å². The number of nitrogens with zero attached hydrogens (tertiary/aromatic N) is 4. The minimum absolute atomic E-state index is 0.150. The lowest BCUT2D eigenvalue weighted by atomic mass is 10.1. The molecule has 136 valence electrons. The highest BCUT2D eigenvalue weighted by atomic mass is 16.5. The average Bonchev–Trinajstić information content (AvgIpc) is 3.22. The van der Waals surface area contributed by atoms with E-state index < -0.39 is 6.04 Å². The molecule has 0 aliphatic carbocycles. The van der Waals surface area contributed by atoms with Crippen molar-refractivity contribution in [2.24, 2.45) is 0 Å². The van der Waals surface area contributed by atoms with Crippen molar-refractivity contribution >= 4 is 11.6 Å². The molecule has 1 N–H and O–H groups in total. The Labute approximate surface area is 152 Å². The molecule has 1 aromatic carbocycles. The molecule has 26 heavy (non-hydrogen) atoms. The van der Waals surface area contributed by atoms with Gasteiger partial charge in [0, 0.05) is 6.20 Å². The van der Waals surface area contributed by atoms with Crippen molar-refractivity contribution in [3.05, 3.63) is 59.7 Å². The van der Waals surface area contributed by atoms with Crippen molar-refractivity contribution in [3.8, 4) is 5.75 Å². The molecule has 1 unspecified atom stereocenters. The largest absolute Gasteiger partial charge is 0.471 e. The smallest absolute Gasteiger partial charge is 0.249 e. The third-order valence-corrected chi connectivity index (χ3v) is 4.09. The molecule has 3 rings (SSSR count). The summed E-state index contributed by atoms with van der Waals surface area (Å²) >= 11 is 0. The van der Waals surface area contributed by atoms with Crippen LogP contribution in [0.15, 0.2) is 43.0 Å². The van der Waals surface area contributed by atoms with Gasteiger partial charge < -0.3 is 10.1 Å². The van der Waals surface area contributed by atoms with Gasteiger partial charge in [0.15, 0.2) is 6.73 Å². The number of aromatic nitrogens is 4. The lowest BCUT2D eigenvalue weighted by Crippen LogP contribution is -2.23. The summed E-state index contributed by atoms with van der Waals surface area (Å²) in [7, 11) is 0. The lowest BCUT2D eigenvalue weighted by Gasteiger charge is -2.11. The van der Waals surface area contributed by atoms with Crippen LogP contribution in [0.4, 0.5) is 5.69 Å². The molecule has 7 nitrogen and oxygen atoms in total. The molecular formula is C19H23N5O2. The first-order chi connectivity index (χ1) is 12.4. The maximum Gasteiger partial charge on any atom is 0.249 e. The highest BCUT2D eigenvalue weighted by molar-refractivity contribution is 5.93. The van der Waals surface area contributed by atoms with Gasteiger partial charge in [0.25, 0.3) is 0 Å². The van der Waals surface area contributed by atoms with Crippen LogP contribution in [-0.4, -0.2) is 25.5 Å². The number of rotatable bonds is 6. The number of hydrogen-bond donors (Lipinski definition) is 1. The number of carbonyl (C=O) groups excluding carboxylic acids is 1. The molecule has 2 heterocycles. The SMILES string of the molecule is Cc1ccc(OCn2cc(NC(=O)C(C)n3cc(C)cn3)cn2)c(C)c1. The van der Waals surface area contributed by atoms with Gasteiger partial charge >= 0.3 is 0 Å². The van der Waals surface area contributed by atoms with Gasteiger partial charge in [-0.05, 0) is 44.9 Å². The molecule has 0 bridgehead atoms. The normalized spacial score (nSPS) is 12.0. The van der Waals surface area contributed by atoms with E-state index in [1.807, 2.05) is 39.1 Å². The van der Waals surface area contributed by atoms with Crippen molar-refractivity contribution in [1.29, 1.82) is 0 Å². The van der Waals surface area contributed by atoms with Crippen LogP contribution in [0.25, 0.3) is 0 Å². The van der Waals surface area contributed by atoms with Gasteiger partial charge in [0.2, 0.25) is 5.91 Å². The van der Waals surface area contributed by atoms with Crippen LogP contribution >= 0.6 is 0 Å². The Balaban J connectivity index is 1.58. The van der Waals surface area contributed by atoms with Gasteiger partial charge in [-0.15, -0.1) is 0 Å². The summed E-state index contributed by atoms with van der Waals surface area (Å²) in [6, 6.07) is 5.63. The minimum Gasteiger partial charge on any atom is -0.471 e. The third kappa shape index (κ3) is 4.11. The quantitative estimate of drug-likeness (QED) is 0.738. The molecule has 3 aromatic rings. The molecule has 0 aliphatic rings. The zero-order valence-electron chi connectivity index (χ0n) is 15.4. The first-order valence-corrected chi connectivity index (χ1v) is 8.46. The van der Waals surface area contributed by atoms with Gasteiger partial charge in [-0.2, -0.15) is 10.2 Å². The number of benzene rings is 1. The molecular weight excluding hydrogens is 330 g/mol. The second kappa shape index (κ2) is 7.43. The van der Waals surface area contributed by atoms with Crippen molar-refractivity contribution in [1.82, 2.24) is 19.6 Å². The van der Waals surface area contributed by atoms with Crippen LogP contribution in [0.1, 0.15) is 29.7 Å². The van der Waals surface area contributed by atoms with E-state index in [2.05, 4.69) is 21.6 Å². The molecule has 2 aromatic heterocycles. The van der Waals surface area contributed by atoms with Gasteiger partial charge in [0.05, 0.1) is 24.3 Å². The fraction of sp³-hybridized carbons (Fsp3) is 0.316. The topological polar surface area (TPSA) is 74.0 Å². The fourth-order valence-electron chi connectivity index (χ4n) is 2.61. The third-order valence-electron chi connectivity index (χ3n) is 4.09. The summed E-state index contributed by atoms with van der Waals surface area (Å²) in [5.41, 5.74) is 3.91. The van der Waals surface area contributed by atoms with E-state index in [0.717, 1.165) is 16.9 Å². The average molecular weight is 353 g/mol. The Morgan fingerprint density at radius 1 is 1.15 bits per heavy atom. The van der Waals surface area contributed by atoms with E-state index in [0.29, 0.717) is 5.69 Å². The fourth-order valence-corrected chi connectivity index (χ4v) is 2.61. The van der Waals surface area contributed by atoms with Crippen LogP contribution in [0.3, 0.4) is 0 Å². The predicted octanol–water partition coefficient (Wildman–Crippen LogP) is 3.24. The first-order valence-electron chi connectivity index (χ1n) is 8.46. The number of aryl methyl sites for hydroxylation is 3. The van der Waals surface area contributed by atoms with E-state index in [4.69, 9.17) is 4.74 Å². The van der Waals surface area contributed by atoms with E-state index in [1.165, 1.54) is 5.56 Å². The van der Waals surface area contributed by atoms with Crippen LogP contribution < -0.4 is 10.1 Å². The predicted molar refractivity (Wildman–Crippen MR) is 99.1 cm³/mol. The van der Waals surface area contributed by atoms with E-state index in [9.17, 15) is 4.79 Å². The Kier molecular flexibility index (Phi) is 5.06.